The molecule has 1 heterocycles. The Bertz CT molecular complexity index is 576. The Morgan fingerprint density at radius 3 is 2.72 bits per heavy atom. The zero-order chi connectivity index (χ0) is 18.5. The summed E-state index contributed by atoms with van der Waals surface area (Å²) in [5.41, 5.74) is 0. The predicted octanol–water partition coefficient (Wildman–Crippen LogP) is 1.33. The number of hydrogen-bond donors (Lipinski definition) is 1. The van der Waals surface area contributed by atoms with E-state index in [4.69, 9.17) is 9.47 Å². The number of esters is 1. The van der Waals surface area contributed by atoms with Gasteiger partial charge in [-0.2, -0.15) is 0 Å². The number of hydrogen-bond acceptors (Lipinski definition) is 8. The van der Waals surface area contributed by atoms with Gasteiger partial charge in [0, 0.05) is 31.2 Å². The second-order valence-corrected chi connectivity index (χ2v) is 5.58. The van der Waals surface area contributed by atoms with E-state index in [0.717, 1.165) is 0 Å². The number of aromatic nitrogens is 1. The molecule has 1 N–H and O–H groups in total. The van der Waals surface area contributed by atoms with E-state index in [1.54, 1.807) is 17.7 Å². The standard InChI is InChI=1S/C16H21N3O5S/c1-3-7-19(16(22)24-11-9-20)8-5-17-13(14-18-6-12-25-14)15(21)23-10-4-2/h3-4,6,9,12-13,17H,1-2,5,7-8,10-11H2. The quantitative estimate of drug-likeness (QED) is 0.338. The maximum Gasteiger partial charge on any atom is 0.410 e. The lowest BCUT2D eigenvalue weighted by Crippen LogP contribution is -2.40. The molecule has 0 bridgehead atoms. The lowest BCUT2D eigenvalue weighted by molar-refractivity contribution is -0.145. The van der Waals surface area contributed by atoms with Crippen molar-refractivity contribution in [3.8, 4) is 0 Å². The molecule has 1 amide bonds. The SMILES string of the molecule is C=CCOC(=O)C(NCCN(CC=C)C(=O)OCC=O)c1nccs1. The Morgan fingerprint density at radius 2 is 2.12 bits per heavy atom. The smallest absolute Gasteiger partial charge is 0.410 e. The average Bonchev–Trinajstić information content (AvgIpc) is 3.14. The molecule has 0 aromatic carbocycles. The normalized spacial score (nSPS) is 11.2. The van der Waals surface area contributed by atoms with Crippen LogP contribution in [-0.2, 0) is 19.1 Å². The highest BCUT2D eigenvalue weighted by atomic mass is 32.1. The van der Waals surface area contributed by atoms with Crippen LogP contribution in [0.25, 0.3) is 0 Å². The molecular formula is C16H21N3O5S. The Kier molecular flexibility index (Phi) is 9.79. The summed E-state index contributed by atoms with van der Waals surface area (Å²) >= 11 is 1.32. The van der Waals surface area contributed by atoms with Crippen molar-refractivity contribution in [2.24, 2.45) is 0 Å². The minimum Gasteiger partial charge on any atom is -0.460 e. The first-order valence-corrected chi connectivity index (χ1v) is 8.38. The van der Waals surface area contributed by atoms with Crippen LogP contribution in [0, 0.1) is 0 Å². The van der Waals surface area contributed by atoms with Crippen molar-refractivity contribution < 1.29 is 23.9 Å². The third kappa shape index (κ3) is 7.27. The molecule has 0 spiro atoms. The number of ether oxygens (including phenoxy) is 2. The lowest BCUT2D eigenvalue weighted by atomic mass is 10.3. The van der Waals surface area contributed by atoms with Gasteiger partial charge in [0.1, 0.15) is 18.2 Å². The first kappa shape index (κ1) is 20.5. The number of thiazole rings is 1. The minimum absolute atomic E-state index is 0.100. The van der Waals surface area contributed by atoms with Crippen LogP contribution in [0.4, 0.5) is 4.79 Å². The van der Waals surface area contributed by atoms with Crippen LogP contribution < -0.4 is 5.32 Å². The number of aldehydes is 1. The van der Waals surface area contributed by atoms with Crippen molar-refractivity contribution in [3.63, 3.8) is 0 Å². The molecule has 1 aromatic rings. The summed E-state index contributed by atoms with van der Waals surface area (Å²) in [5, 5.41) is 5.33. The van der Waals surface area contributed by atoms with Crippen molar-refractivity contribution in [1.29, 1.82) is 0 Å². The predicted molar refractivity (Wildman–Crippen MR) is 93.2 cm³/mol. The van der Waals surface area contributed by atoms with Crippen LogP contribution >= 0.6 is 11.3 Å². The Morgan fingerprint density at radius 1 is 1.32 bits per heavy atom. The third-order valence-electron chi connectivity index (χ3n) is 2.89. The van der Waals surface area contributed by atoms with Crippen LogP contribution in [0.3, 0.4) is 0 Å². The van der Waals surface area contributed by atoms with Crippen LogP contribution in [0.5, 0.6) is 0 Å². The highest BCUT2D eigenvalue weighted by Gasteiger charge is 2.24. The first-order valence-electron chi connectivity index (χ1n) is 7.50. The topological polar surface area (TPSA) is 97.8 Å². The number of amides is 1. The number of carbonyl (C=O) groups is 3. The van der Waals surface area contributed by atoms with Gasteiger partial charge < -0.3 is 14.4 Å². The molecule has 0 aliphatic carbocycles. The van der Waals surface area contributed by atoms with E-state index in [1.165, 1.54) is 22.3 Å². The zero-order valence-electron chi connectivity index (χ0n) is 13.8. The average molecular weight is 367 g/mol. The van der Waals surface area contributed by atoms with Crippen molar-refractivity contribution in [3.05, 3.63) is 41.9 Å². The van der Waals surface area contributed by atoms with Gasteiger partial charge in [-0.15, -0.1) is 17.9 Å². The van der Waals surface area contributed by atoms with Crippen LogP contribution in [0.1, 0.15) is 11.0 Å². The van der Waals surface area contributed by atoms with Crippen LogP contribution in [0.15, 0.2) is 36.9 Å². The third-order valence-corrected chi connectivity index (χ3v) is 3.73. The summed E-state index contributed by atoms with van der Waals surface area (Å²) in [6, 6.07) is -0.739. The zero-order valence-corrected chi connectivity index (χ0v) is 14.6. The molecule has 0 radical (unpaired) electrons. The molecule has 0 saturated carbocycles. The molecule has 1 atom stereocenters. The van der Waals surface area contributed by atoms with Gasteiger partial charge in [-0.3, -0.25) is 10.1 Å². The van der Waals surface area contributed by atoms with Gasteiger partial charge in [-0.05, 0) is 0 Å². The molecule has 9 heteroatoms. The van der Waals surface area contributed by atoms with Gasteiger partial charge in [0.05, 0.1) is 0 Å². The summed E-state index contributed by atoms with van der Waals surface area (Å²) in [4.78, 5) is 39.8. The Labute approximate surface area is 150 Å². The van der Waals surface area contributed by atoms with E-state index >= 15 is 0 Å². The van der Waals surface area contributed by atoms with E-state index in [0.29, 0.717) is 11.3 Å². The summed E-state index contributed by atoms with van der Waals surface area (Å²) in [6.07, 6.45) is 4.48. The van der Waals surface area contributed by atoms with Gasteiger partial charge >= 0.3 is 12.1 Å². The summed E-state index contributed by atoms with van der Waals surface area (Å²) in [7, 11) is 0. The highest BCUT2D eigenvalue weighted by molar-refractivity contribution is 7.09. The van der Waals surface area contributed by atoms with Gasteiger partial charge in [-0.1, -0.05) is 18.7 Å². The fourth-order valence-electron chi connectivity index (χ4n) is 1.83. The molecule has 0 saturated heterocycles. The molecule has 1 unspecified atom stereocenters. The molecule has 0 aliphatic rings. The monoisotopic (exact) mass is 367 g/mol. The second kappa shape index (κ2) is 11.9. The maximum atomic E-state index is 12.2. The van der Waals surface area contributed by atoms with E-state index < -0.39 is 18.1 Å². The molecule has 0 aliphatic heterocycles. The van der Waals surface area contributed by atoms with Gasteiger partial charge in [-0.25, -0.2) is 14.6 Å². The van der Waals surface area contributed by atoms with E-state index in [1.807, 2.05) is 0 Å². The fourth-order valence-corrected chi connectivity index (χ4v) is 2.52. The number of nitrogens with one attached hydrogen (secondary N) is 1. The van der Waals surface area contributed by atoms with Gasteiger partial charge in [0.15, 0.2) is 12.3 Å². The van der Waals surface area contributed by atoms with Crippen molar-refractivity contribution >= 4 is 29.7 Å². The molecule has 136 valence electrons. The van der Waals surface area contributed by atoms with Crippen LogP contribution in [-0.4, -0.2) is 61.1 Å². The Hall–Kier alpha value is -2.52. The van der Waals surface area contributed by atoms with Crippen molar-refractivity contribution in [2.45, 2.75) is 6.04 Å². The number of carbonyl (C=O) groups excluding carboxylic acids is 3. The second-order valence-electron chi connectivity index (χ2n) is 4.65. The van der Waals surface area contributed by atoms with Gasteiger partial charge in [0.2, 0.25) is 0 Å². The van der Waals surface area contributed by atoms with E-state index in [2.05, 4.69) is 23.5 Å². The summed E-state index contributed by atoms with van der Waals surface area (Å²) in [6.45, 7) is 7.66. The highest BCUT2D eigenvalue weighted by Crippen LogP contribution is 2.17. The number of rotatable bonds is 12. The summed E-state index contributed by atoms with van der Waals surface area (Å²) in [5.74, 6) is -0.478. The summed E-state index contributed by atoms with van der Waals surface area (Å²) < 4.78 is 9.84. The molecular weight excluding hydrogens is 346 g/mol. The molecule has 1 aromatic heterocycles. The fraction of sp³-hybridized carbons (Fsp3) is 0.375. The van der Waals surface area contributed by atoms with Crippen LogP contribution in [0.2, 0.25) is 0 Å². The van der Waals surface area contributed by atoms with Gasteiger partial charge in [0.25, 0.3) is 0 Å². The van der Waals surface area contributed by atoms with Crippen molar-refractivity contribution in [1.82, 2.24) is 15.2 Å². The Balaban J connectivity index is 2.63. The first-order chi connectivity index (χ1) is 12.1. The molecule has 1 rings (SSSR count). The number of nitrogens with zero attached hydrogens (tertiary/aromatic N) is 2. The largest absolute Gasteiger partial charge is 0.460 e. The van der Waals surface area contributed by atoms with E-state index in [9.17, 15) is 14.4 Å². The maximum absolute atomic E-state index is 12.2. The van der Waals surface area contributed by atoms with Crippen molar-refractivity contribution in [2.75, 3.05) is 32.8 Å². The molecule has 0 fully saturated rings. The molecule has 25 heavy (non-hydrogen) atoms. The minimum atomic E-state index is -0.739. The lowest BCUT2D eigenvalue weighted by Gasteiger charge is -2.22. The molecule has 8 nitrogen and oxygen atoms in total. The van der Waals surface area contributed by atoms with E-state index in [-0.39, 0.29) is 32.8 Å².